The molecule has 0 aliphatic carbocycles. The molecule has 2 saturated heterocycles. The number of benzene rings is 1. The molecule has 2 aliphatic rings. The molecule has 3 rings (SSSR count). The summed E-state index contributed by atoms with van der Waals surface area (Å²) >= 11 is 0. The van der Waals surface area contributed by atoms with Gasteiger partial charge in [-0.25, -0.2) is 4.39 Å². The molecule has 0 bridgehead atoms. The van der Waals surface area contributed by atoms with Crippen molar-refractivity contribution in [3.8, 4) is 0 Å². The molecule has 2 unspecified atom stereocenters. The summed E-state index contributed by atoms with van der Waals surface area (Å²) in [6.07, 6.45) is 1.64. The van der Waals surface area contributed by atoms with Gasteiger partial charge in [-0.05, 0) is 36.5 Å². The van der Waals surface area contributed by atoms with Gasteiger partial charge in [0, 0.05) is 39.3 Å². The van der Waals surface area contributed by atoms with E-state index in [1.165, 1.54) is 12.1 Å². The number of hydrogen-bond donors (Lipinski definition) is 0. The Morgan fingerprint density at radius 2 is 1.96 bits per heavy atom. The molecular weight excluding hydrogens is 295 g/mol. The molecule has 23 heavy (non-hydrogen) atoms. The highest BCUT2D eigenvalue weighted by molar-refractivity contribution is 5.81. The van der Waals surface area contributed by atoms with Gasteiger partial charge in [-0.2, -0.15) is 0 Å². The van der Waals surface area contributed by atoms with Crippen LogP contribution in [0.3, 0.4) is 0 Å². The van der Waals surface area contributed by atoms with E-state index >= 15 is 0 Å². The van der Waals surface area contributed by atoms with Crippen LogP contribution in [0, 0.1) is 5.82 Å². The maximum Gasteiger partial charge on any atom is 0.251 e. The van der Waals surface area contributed by atoms with Crippen LogP contribution in [0.5, 0.6) is 0 Å². The smallest absolute Gasteiger partial charge is 0.251 e. The lowest BCUT2D eigenvalue weighted by Crippen LogP contribution is -2.51. The van der Waals surface area contributed by atoms with E-state index in [9.17, 15) is 9.18 Å². The lowest BCUT2D eigenvalue weighted by Gasteiger charge is -2.36. The Morgan fingerprint density at radius 1 is 1.26 bits per heavy atom. The van der Waals surface area contributed by atoms with E-state index in [4.69, 9.17) is 4.74 Å². The molecule has 1 aromatic carbocycles. The number of halogens is 1. The molecule has 0 N–H and O–H groups in total. The average Bonchev–Trinajstić information content (AvgIpc) is 3.10. The highest BCUT2D eigenvalue weighted by Crippen LogP contribution is 2.19. The number of hydrogen-bond acceptors (Lipinski definition) is 3. The minimum Gasteiger partial charge on any atom is -0.368 e. The van der Waals surface area contributed by atoms with Crippen molar-refractivity contribution in [2.75, 3.05) is 39.3 Å². The maximum absolute atomic E-state index is 13.0. The van der Waals surface area contributed by atoms with Crippen LogP contribution >= 0.6 is 0 Å². The summed E-state index contributed by atoms with van der Waals surface area (Å²) < 4.78 is 18.5. The van der Waals surface area contributed by atoms with E-state index in [0.29, 0.717) is 12.5 Å². The molecule has 2 fully saturated rings. The number of carbonyl (C=O) groups excluding carboxylic acids is 1. The first-order valence-electron chi connectivity index (χ1n) is 8.51. The molecule has 0 saturated carbocycles. The summed E-state index contributed by atoms with van der Waals surface area (Å²) in [4.78, 5) is 16.7. The van der Waals surface area contributed by atoms with Crippen molar-refractivity contribution in [2.45, 2.75) is 31.8 Å². The molecule has 0 spiro atoms. The standard InChI is InChI=1S/C18H25FN2O2/c1-14(15-4-6-16(19)7-5-15)13-20-8-10-21(11-9-20)18(22)17-3-2-12-23-17/h4-7,14,17H,2-3,8-13H2,1H3. The third-order valence-corrected chi connectivity index (χ3v) is 4.86. The van der Waals surface area contributed by atoms with Crippen LogP contribution < -0.4 is 0 Å². The van der Waals surface area contributed by atoms with Crippen molar-refractivity contribution in [3.63, 3.8) is 0 Å². The van der Waals surface area contributed by atoms with Gasteiger partial charge >= 0.3 is 0 Å². The number of carbonyl (C=O) groups is 1. The molecule has 1 amide bonds. The van der Waals surface area contributed by atoms with Gasteiger partial charge in [-0.3, -0.25) is 9.69 Å². The van der Waals surface area contributed by atoms with Gasteiger partial charge in [0.25, 0.3) is 5.91 Å². The zero-order chi connectivity index (χ0) is 16.2. The highest BCUT2D eigenvalue weighted by Gasteiger charge is 2.30. The lowest BCUT2D eigenvalue weighted by atomic mass is 10.0. The summed E-state index contributed by atoms with van der Waals surface area (Å²) in [6, 6.07) is 6.75. The highest BCUT2D eigenvalue weighted by atomic mass is 19.1. The molecule has 1 aromatic rings. The Kier molecular flexibility index (Phi) is 5.28. The topological polar surface area (TPSA) is 32.8 Å². The fourth-order valence-corrected chi connectivity index (χ4v) is 3.41. The van der Waals surface area contributed by atoms with Crippen LogP contribution in [-0.2, 0) is 9.53 Å². The summed E-state index contributed by atoms with van der Waals surface area (Å²) in [6.45, 7) is 7.15. The molecule has 4 nitrogen and oxygen atoms in total. The quantitative estimate of drug-likeness (QED) is 0.853. The molecule has 126 valence electrons. The number of piperazine rings is 1. The first kappa shape index (κ1) is 16.4. The van der Waals surface area contributed by atoms with Gasteiger partial charge in [0.15, 0.2) is 0 Å². The normalized spacial score (nSPS) is 23.9. The van der Waals surface area contributed by atoms with Crippen molar-refractivity contribution >= 4 is 5.91 Å². The molecule has 0 aromatic heterocycles. The van der Waals surface area contributed by atoms with Crippen LogP contribution in [0.4, 0.5) is 4.39 Å². The van der Waals surface area contributed by atoms with Gasteiger partial charge in [0.05, 0.1) is 0 Å². The monoisotopic (exact) mass is 320 g/mol. The van der Waals surface area contributed by atoms with Crippen LogP contribution in [0.1, 0.15) is 31.2 Å². The fourth-order valence-electron chi connectivity index (χ4n) is 3.41. The minimum absolute atomic E-state index is 0.161. The van der Waals surface area contributed by atoms with Crippen molar-refractivity contribution < 1.29 is 13.9 Å². The molecule has 2 aliphatic heterocycles. The van der Waals surface area contributed by atoms with Gasteiger partial charge < -0.3 is 9.64 Å². The maximum atomic E-state index is 13.0. The van der Waals surface area contributed by atoms with Crippen LogP contribution in [-0.4, -0.2) is 61.1 Å². The second-order valence-corrected chi connectivity index (χ2v) is 6.58. The van der Waals surface area contributed by atoms with E-state index in [0.717, 1.165) is 51.1 Å². The Bertz CT molecular complexity index is 520. The molecule has 0 radical (unpaired) electrons. The second-order valence-electron chi connectivity index (χ2n) is 6.58. The predicted molar refractivity (Wildman–Crippen MR) is 86.8 cm³/mol. The predicted octanol–water partition coefficient (Wildman–Crippen LogP) is 2.25. The summed E-state index contributed by atoms with van der Waals surface area (Å²) in [5, 5.41) is 0. The Balaban J connectivity index is 1.47. The van der Waals surface area contributed by atoms with Gasteiger partial charge in [0.1, 0.15) is 11.9 Å². The van der Waals surface area contributed by atoms with E-state index in [1.54, 1.807) is 0 Å². The molecule has 5 heteroatoms. The average molecular weight is 320 g/mol. The lowest BCUT2D eigenvalue weighted by molar-refractivity contribution is -0.142. The van der Waals surface area contributed by atoms with Crippen molar-refractivity contribution in [1.82, 2.24) is 9.80 Å². The second kappa shape index (κ2) is 7.41. The Morgan fingerprint density at radius 3 is 2.57 bits per heavy atom. The fraction of sp³-hybridized carbons (Fsp3) is 0.611. The van der Waals surface area contributed by atoms with E-state index in [-0.39, 0.29) is 17.8 Å². The third kappa shape index (κ3) is 4.09. The van der Waals surface area contributed by atoms with E-state index in [1.807, 2.05) is 17.0 Å². The van der Waals surface area contributed by atoms with Gasteiger partial charge in [0.2, 0.25) is 0 Å². The van der Waals surface area contributed by atoms with Crippen LogP contribution in [0.15, 0.2) is 24.3 Å². The largest absolute Gasteiger partial charge is 0.368 e. The SMILES string of the molecule is CC(CN1CCN(C(=O)C2CCCO2)CC1)c1ccc(F)cc1. The summed E-state index contributed by atoms with van der Waals surface area (Å²) in [5.74, 6) is 0.326. The molecule has 2 heterocycles. The van der Waals surface area contributed by atoms with Crippen molar-refractivity contribution in [3.05, 3.63) is 35.6 Å². The molecular formula is C18H25FN2O2. The van der Waals surface area contributed by atoms with Gasteiger partial charge in [-0.1, -0.05) is 19.1 Å². The minimum atomic E-state index is -0.209. The Labute approximate surface area is 137 Å². The summed E-state index contributed by atoms with van der Waals surface area (Å²) in [5.41, 5.74) is 1.16. The van der Waals surface area contributed by atoms with E-state index in [2.05, 4.69) is 11.8 Å². The number of amides is 1. The third-order valence-electron chi connectivity index (χ3n) is 4.86. The first-order chi connectivity index (χ1) is 11.1. The molecule has 2 atom stereocenters. The first-order valence-corrected chi connectivity index (χ1v) is 8.51. The van der Waals surface area contributed by atoms with E-state index < -0.39 is 0 Å². The zero-order valence-electron chi connectivity index (χ0n) is 13.7. The zero-order valence-corrected chi connectivity index (χ0v) is 13.7. The van der Waals surface area contributed by atoms with Crippen LogP contribution in [0.2, 0.25) is 0 Å². The summed E-state index contributed by atoms with van der Waals surface area (Å²) in [7, 11) is 0. The number of ether oxygens (including phenoxy) is 1. The number of nitrogens with zero attached hydrogens (tertiary/aromatic N) is 2. The van der Waals surface area contributed by atoms with Gasteiger partial charge in [-0.15, -0.1) is 0 Å². The Hall–Kier alpha value is -1.46. The van der Waals surface area contributed by atoms with Crippen molar-refractivity contribution in [1.29, 1.82) is 0 Å². The number of rotatable bonds is 4. The van der Waals surface area contributed by atoms with Crippen molar-refractivity contribution in [2.24, 2.45) is 0 Å². The van der Waals surface area contributed by atoms with Crippen LogP contribution in [0.25, 0.3) is 0 Å².